The predicted molar refractivity (Wildman–Crippen MR) is 98.7 cm³/mol. The summed E-state index contributed by atoms with van der Waals surface area (Å²) in [5.74, 6) is 0.0975. The van der Waals surface area contributed by atoms with Crippen LogP contribution in [0.25, 0.3) is 0 Å². The zero-order chi connectivity index (χ0) is 17.2. The van der Waals surface area contributed by atoms with Crippen LogP contribution in [0.15, 0.2) is 35.7 Å². The van der Waals surface area contributed by atoms with Crippen LogP contribution in [0.4, 0.5) is 0 Å². The summed E-state index contributed by atoms with van der Waals surface area (Å²) in [7, 11) is 0. The quantitative estimate of drug-likeness (QED) is 0.917. The van der Waals surface area contributed by atoms with Crippen LogP contribution in [0.1, 0.15) is 45.6 Å². The van der Waals surface area contributed by atoms with Gasteiger partial charge in [0.1, 0.15) is 0 Å². The fraction of sp³-hybridized carbons (Fsp3) is 0.400. The largest absolute Gasteiger partial charge is 0.347 e. The van der Waals surface area contributed by atoms with Crippen molar-refractivity contribution in [3.63, 3.8) is 0 Å². The van der Waals surface area contributed by atoms with Gasteiger partial charge in [-0.1, -0.05) is 30.3 Å². The van der Waals surface area contributed by atoms with Gasteiger partial charge in [0.25, 0.3) is 5.91 Å². The molecule has 2 aliphatic rings. The molecule has 0 spiro atoms. The van der Waals surface area contributed by atoms with Gasteiger partial charge in [-0.05, 0) is 36.8 Å². The Morgan fingerprint density at radius 2 is 2.00 bits per heavy atom. The van der Waals surface area contributed by atoms with Crippen LogP contribution in [-0.4, -0.2) is 29.3 Å². The number of thiophene rings is 1. The van der Waals surface area contributed by atoms with E-state index in [-0.39, 0.29) is 17.9 Å². The molecule has 1 aromatic heterocycles. The molecule has 1 aromatic carbocycles. The van der Waals surface area contributed by atoms with Gasteiger partial charge in [-0.15, -0.1) is 11.3 Å². The van der Waals surface area contributed by atoms with Crippen LogP contribution in [0, 0.1) is 0 Å². The van der Waals surface area contributed by atoms with Gasteiger partial charge < -0.3 is 10.2 Å². The van der Waals surface area contributed by atoms with E-state index in [1.54, 1.807) is 11.3 Å². The fourth-order valence-corrected chi connectivity index (χ4v) is 4.90. The van der Waals surface area contributed by atoms with Crippen molar-refractivity contribution in [3.05, 3.63) is 57.3 Å². The van der Waals surface area contributed by atoms with Crippen LogP contribution in [0.5, 0.6) is 0 Å². The molecule has 0 unspecified atom stereocenters. The number of amides is 2. The standard InChI is InChI=1S/C20H22N2O2S/c23-19-10-15(12-22(19)11-14-6-2-1-3-7-14)21-20(24)17-13-25-18-9-5-4-8-16(17)18/h1-3,6-7,13,15H,4-5,8-12H2,(H,21,24)/t15-/m0/s1. The topological polar surface area (TPSA) is 49.4 Å². The van der Waals surface area contributed by atoms with E-state index < -0.39 is 0 Å². The molecule has 4 nitrogen and oxygen atoms in total. The van der Waals surface area contributed by atoms with Crippen LogP contribution < -0.4 is 5.32 Å². The number of nitrogens with zero attached hydrogens (tertiary/aromatic N) is 1. The monoisotopic (exact) mass is 354 g/mol. The molecule has 5 heteroatoms. The highest BCUT2D eigenvalue weighted by molar-refractivity contribution is 7.10. The third-order valence-electron chi connectivity index (χ3n) is 5.07. The Labute approximate surface area is 151 Å². The minimum absolute atomic E-state index is 0.0150. The first-order valence-corrected chi connectivity index (χ1v) is 9.80. The summed E-state index contributed by atoms with van der Waals surface area (Å²) < 4.78 is 0. The average molecular weight is 354 g/mol. The zero-order valence-corrected chi connectivity index (χ0v) is 15.0. The molecular formula is C20H22N2O2S. The van der Waals surface area contributed by atoms with E-state index in [4.69, 9.17) is 0 Å². The first-order chi connectivity index (χ1) is 12.2. The van der Waals surface area contributed by atoms with Crippen molar-refractivity contribution < 1.29 is 9.59 Å². The first kappa shape index (κ1) is 16.3. The number of carbonyl (C=O) groups is 2. The van der Waals surface area contributed by atoms with E-state index in [9.17, 15) is 9.59 Å². The average Bonchev–Trinajstić information content (AvgIpc) is 3.19. The molecule has 130 valence electrons. The highest BCUT2D eigenvalue weighted by atomic mass is 32.1. The lowest BCUT2D eigenvalue weighted by molar-refractivity contribution is -0.128. The van der Waals surface area contributed by atoms with Crippen LogP contribution in [0.3, 0.4) is 0 Å². The molecule has 1 atom stereocenters. The molecule has 25 heavy (non-hydrogen) atoms. The third-order valence-corrected chi connectivity index (χ3v) is 6.16. The Kier molecular flexibility index (Phi) is 4.57. The minimum Gasteiger partial charge on any atom is -0.347 e. The Balaban J connectivity index is 1.39. The van der Waals surface area contributed by atoms with Gasteiger partial charge in [0.2, 0.25) is 5.91 Å². The van der Waals surface area contributed by atoms with Crippen LogP contribution in [0.2, 0.25) is 0 Å². The number of likely N-dealkylation sites (tertiary alicyclic amines) is 1. The van der Waals surface area contributed by atoms with E-state index >= 15 is 0 Å². The number of nitrogens with one attached hydrogen (secondary N) is 1. The SMILES string of the molecule is O=C(N[C@H]1CC(=O)N(Cc2ccccc2)C1)c1csc2c1CCCC2. The molecule has 0 bridgehead atoms. The van der Waals surface area contributed by atoms with Crippen molar-refractivity contribution in [2.45, 2.75) is 44.7 Å². The Hall–Kier alpha value is -2.14. The lowest BCUT2D eigenvalue weighted by Crippen LogP contribution is -2.37. The molecule has 2 amide bonds. The molecular weight excluding hydrogens is 332 g/mol. The molecule has 2 heterocycles. The van der Waals surface area contributed by atoms with Crippen LogP contribution in [-0.2, 0) is 24.2 Å². The second kappa shape index (κ2) is 7.00. The summed E-state index contributed by atoms with van der Waals surface area (Å²) in [5.41, 5.74) is 3.18. The number of hydrogen-bond acceptors (Lipinski definition) is 3. The van der Waals surface area contributed by atoms with Crippen molar-refractivity contribution >= 4 is 23.2 Å². The summed E-state index contributed by atoms with van der Waals surface area (Å²) >= 11 is 1.70. The smallest absolute Gasteiger partial charge is 0.252 e. The highest BCUT2D eigenvalue weighted by Crippen LogP contribution is 2.30. The summed E-state index contributed by atoms with van der Waals surface area (Å²) in [6.07, 6.45) is 4.88. The van der Waals surface area contributed by atoms with Crippen molar-refractivity contribution in [2.75, 3.05) is 6.54 Å². The van der Waals surface area contributed by atoms with E-state index in [1.165, 1.54) is 16.9 Å². The van der Waals surface area contributed by atoms with Gasteiger partial charge in [0.15, 0.2) is 0 Å². The van der Waals surface area contributed by atoms with Gasteiger partial charge in [-0.25, -0.2) is 0 Å². The Morgan fingerprint density at radius 3 is 2.84 bits per heavy atom. The number of rotatable bonds is 4. The van der Waals surface area contributed by atoms with E-state index in [1.807, 2.05) is 40.6 Å². The minimum atomic E-state index is -0.0946. The maximum atomic E-state index is 12.7. The maximum absolute atomic E-state index is 12.7. The fourth-order valence-electron chi connectivity index (χ4n) is 3.77. The highest BCUT2D eigenvalue weighted by Gasteiger charge is 2.31. The Morgan fingerprint density at radius 1 is 1.20 bits per heavy atom. The zero-order valence-electron chi connectivity index (χ0n) is 14.2. The molecule has 4 rings (SSSR count). The van der Waals surface area contributed by atoms with Crippen LogP contribution >= 0.6 is 11.3 Å². The van der Waals surface area contributed by atoms with Gasteiger partial charge in [0, 0.05) is 29.8 Å². The van der Waals surface area contributed by atoms with Crippen molar-refractivity contribution in [2.24, 2.45) is 0 Å². The lowest BCUT2D eigenvalue weighted by atomic mass is 9.95. The van der Waals surface area contributed by atoms with Crippen molar-refractivity contribution in [1.29, 1.82) is 0 Å². The number of carbonyl (C=O) groups excluding carboxylic acids is 2. The molecule has 1 N–H and O–H groups in total. The molecule has 0 saturated carbocycles. The molecule has 1 fully saturated rings. The number of hydrogen-bond donors (Lipinski definition) is 1. The van der Waals surface area contributed by atoms with Gasteiger partial charge in [-0.2, -0.15) is 0 Å². The van der Waals surface area contributed by atoms with E-state index in [0.717, 1.165) is 30.4 Å². The summed E-state index contributed by atoms with van der Waals surface area (Å²) in [6.45, 7) is 1.20. The molecule has 1 aliphatic heterocycles. The van der Waals surface area contributed by atoms with Gasteiger partial charge in [0.05, 0.1) is 11.6 Å². The van der Waals surface area contributed by atoms with Crippen molar-refractivity contribution in [3.8, 4) is 0 Å². The summed E-state index contributed by atoms with van der Waals surface area (Å²) in [4.78, 5) is 28.1. The number of fused-ring (bicyclic) bond motifs is 1. The second-order valence-electron chi connectivity index (χ2n) is 6.89. The van der Waals surface area contributed by atoms with E-state index in [2.05, 4.69) is 5.32 Å². The van der Waals surface area contributed by atoms with E-state index in [0.29, 0.717) is 19.5 Å². The number of aryl methyl sites for hydroxylation is 1. The first-order valence-electron chi connectivity index (χ1n) is 8.92. The summed E-state index contributed by atoms with van der Waals surface area (Å²) in [6, 6.07) is 9.89. The number of benzene rings is 1. The van der Waals surface area contributed by atoms with Gasteiger partial charge in [-0.3, -0.25) is 9.59 Å². The third kappa shape index (κ3) is 3.47. The molecule has 1 saturated heterocycles. The maximum Gasteiger partial charge on any atom is 0.252 e. The normalized spacial score (nSPS) is 19.8. The second-order valence-corrected chi connectivity index (χ2v) is 7.86. The van der Waals surface area contributed by atoms with Gasteiger partial charge >= 0.3 is 0 Å². The Bertz CT molecular complexity index is 784. The molecule has 0 radical (unpaired) electrons. The molecule has 2 aromatic rings. The molecule has 1 aliphatic carbocycles. The summed E-state index contributed by atoms with van der Waals surface area (Å²) in [5, 5.41) is 5.07. The lowest BCUT2D eigenvalue weighted by Gasteiger charge is -2.18. The predicted octanol–water partition coefficient (Wildman–Crippen LogP) is 3.16. The van der Waals surface area contributed by atoms with Crippen molar-refractivity contribution in [1.82, 2.24) is 10.2 Å².